The van der Waals surface area contributed by atoms with Crippen LogP contribution in [0, 0.1) is 0 Å². The Kier molecular flexibility index (Phi) is 930. The Bertz CT molecular complexity index is 6.85. The predicted molar refractivity (Wildman–Crippen MR) is 3.61 cm³/mol. The van der Waals surface area contributed by atoms with Crippen LogP contribution in [-0.2, 0) is 19.5 Å². The van der Waals surface area contributed by atoms with Gasteiger partial charge in [-0.05, 0) is 0 Å². The van der Waals surface area contributed by atoms with Crippen LogP contribution >= 0.6 is 0 Å². The van der Waals surface area contributed by atoms with Crippen molar-refractivity contribution in [1.82, 2.24) is 0 Å². The molecule has 0 atom stereocenters. The van der Waals surface area contributed by atoms with E-state index in [1.165, 1.54) is 0 Å². The molecule has 0 aliphatic heterocycles. The van der Waals surface area contributed by atoms with Gasteiger partial charge in [-0.1, -0.05) is 0 Å². The fourth-order valence-corrected chi connectivity index (χ4v) is 0. The van der Waals surface area contributed by atoms with Gasteiger partial charge in [0, 0.05) is 0 Å². The molecule has 0 aliphatic carbocycles. The van der Waals surface area contributed by atoms with E-state index in [1.807, 2.05) is 0 Å². The van der Waals surface area contributed by atoms with Crippen molar-refractivity contribution in [2.75, 3.05) is 0 Å². The van der Waals surface area contributed by atoms with Gasteiger partial charge in [0.05, 0.1) is 0 Å². The molecule has 0 heterocycles. The van der Waals surface area contributed by atoms with E-state index in [0.717, 1.165) is 0 Å². The number of hydrogen-bond acceptors (Lipinski definition) is 0. The van der Waals surface area contributed by atoms with Gasteiger partial charge in [0.1, 0.15) is 0 Å². The van der Waals surface area contributed by atoms with Crippen LogP contribution < -0.4 is 37.2 Å². The average molecular weight is 227 g/mol. The number of halogens is 3. The second-order valence-corrected chi connectivity index (χ2v) is 0. The first kappa shape index (κ1) is 90.9. The molecule has 0 saturated heterocycles. The van der Waals surface area contributed by atoms with Gasteiger partial charge in [-0.3, -0.25) is 0 Å². The van der Waals surface area contributed by atoms with Crippen LogP contribution in [-0.4, -0.2) is 5.48 Å². The zero-order chi connectivity index (χ0) is 0. The van der Waals surface area contributed by atoms with E-state index in [0.29, 0.717) is 0 Å². The molecule has 0 aromatic carbocycles. The van der Waals surface area contributed by atoms with Crippen molar-refractivity contribution in [3.05, 3.63) is 0 Å². The Morgan fingerprint density at radius 3 is 0.600 bits per heavy atom. The van der Waals surface area contributed by atoms with Crippen molar-refractivity contribution in [2.45, 2.75) is 0 Å². The molecule has 2 N–H and O–H groups in total. The number of rotatable bonds is 0. The van der Waals surface area contributed by atoms with Crippen LogP contribution in [0.4, 0.5) is 0 Å². The van der Waals surface area contributed by atoms with E-state index in [4.69, 9.17) is 0 Å². The van der Waals surface area contributed by atoms with E-state index in [-0.39, 0.29) is 62.2 Å². The summed E-state index contributed by atoms with van der Waals surface area (Å²) in [6, 6.07) is 0. The van der Waals surface area contributed by atoms with Crippen LogP contribution in [0.1, 0.15) is 0 Å². The van der Waals surface area contributed by atoms with Crippen molar-refractivity contribution in [3.8, 4) is 0 Å². The molecular formula is H2Cl3ORh-. The fourth-order valence-electron chi connectivity index (χ4n) is 0. The largest absolute Gasteiger partial charge is 2.00 e. The van der Waals surface area contributed by atoms with E-state index in [9.17, 15) is 0 Å². The first-order valence-electron chi connectivity index (χ1n) is 0. The molecule has 0 saturated carbocycles. The minimum absolute atomic E-state index is 0. The Morgan fingerprint density at radius 2 is 0.600 bits per heavy atom. The summed E-state index contributed by atoms with van der Waals surface area (Å²) in [5.74, 6) is 0. The van der Waals surface area contributed by atoms with Crippen LogP contribution in [0.5, 0.6) is 0 Å². The van der Waals surface area contributed by atoms with Crippen molar-refractivity contribution < 1.29 is 62.2 Å². The molecule has 0 rings (SSSR count). The molecular weight excluding hydrogens is 225 g/mol. The third kappa shape index (κ3) is 30.8. The molecule has 5 heavy (non-hydrogen) atoms. The van der Waals surface area contributed by atoms with E-state index in [1.54, 1.807) is 0 Å². The molecule has 0 unspecified atom stereocenters. The first-order chi connectivity index (χ1) is 0. The number of hydrogen-bond donors (Lipinski definition) is 0. The normalized spacial score (nSPS) is 0. The van der Waals surface area contributed by atoms with Crippen molar-refractivity contribution in [3.63, 3.8) is 0 Å². The molecule has 5 heteroatoms. The van der Waals surface area contributed by atoms with Gasteiger partial charge in [-0.15, -0.1) is 0 Å². The van der Waals surface area contributed by atoms with Crippen LogP contribution in [0.3, 0.4) is 0 Å². The molecule has 0 aromatic rings. The minimum Gasteiger partial charge on any atom is -1.00 e. The molecule has 1 radical (unpaired) electrons. The Balaban J connectivity index is 0. The van der Waals surface area contributed by atoms with E-state index in [2.05, 4.69) is 0 Å². The molecule has 0 spiro atoms. The maximum Gasteiger partial charge on any atom is 2.00 e. The summed E-state index contributed by atoms with van der Waals surface area (Å²) < 4.78 is 0. The van der Waals surface area contributed by atoms with Crippen molar-refractivity contribution in [2.24, 2.45) is 0 Å². The monoisotopic (exact) mass is 226 g/mol. The fraction of sp³-hybridized carbons (Fsp3) is 0. The van der Waals surface area contributed by atoms with Gasteiger partial charge in [-0.2, -0.15) is 0 Å². The second kappa shape index (κ2) is 51.2. The molecule has 0 amide bonds. The Hall–Kier alpha value is 1.45. The van der Waals surface area contributed by atoms with Crippen molar-refractivity contribution >= 4 is 0 Å². The Morgan fingerprint density at radius 1 is 0.600 bits per heavy atom. The summed E-state index contributed by atoms with van der Waals surface area (Å²) >= 11 is 0. The summed E-state index contributed by atoms with van der Waals surface area (Å²) in [6.45, 7) is 0. The first-order valence-corrected chi connectivity index (χ1v) is 0. The summed E-state index contributed by atoms with van der Waals surface area (Å²) in [6.07, 6.45) is 0. The maximum atomic E-state index is 0. The third-order valence-corrected chi connectivity index (χ3v) is 0. The molecule has 0 fully saturated rings. The zero-order valence-corrected chi connectivity index (χ0v) is 5.87. The van der Waals surface area contributed by atoms with Gasteiger partial charge in [-0.25, -0.2) is 0 Å². The van der Waals surface area contributed by atoms with Crippen LogP contribution in [0.15, 0.2) is 0 Å². The topological polar surface area (TPSA) is 31.5 Å². The summed E-state index contributed by atoms with van der Waals surface area (Å²) in [4.78, 5) is 0. The summed E-state index contributed by atoms with van der Waals surface area (Å²) in [5.41, 5.74) is 0. The second-order valence-electron chi connectivity index (χ2n) is 0. The zero-order valence-electron chi connectivity index (χ0n) is 1.97. The van der Waals surface area contributed by atoms with Crippen LogP contribution in [0.25, 0.3) is 0 Å². The van der Waals surface area contributed by atoms with Gasteiger partial charge in [0.2, 0.25) is 0 Å². The van der Waals surface area contributed by atoms with Crippen molar-refractivity contribution in [1.29, 1.82) is 0 Å². The van der Waals surface area contributed by atoms with Gasteiger partial charge < -0.3 is 42.7 Å². The van der Waals surface area contributed by atoms with Gasteiger partial charge >= 0.3 is 19.5 Å². The molecule has 0 aromatic heterocycles. The average Bonchev–Trinajstić information content (AvgIpc) is 0. The standard InChI is InChI=1S/3ClH.H2O.Rh/h3*1H;1H2;/q;;;;+2/p-3. The van der Waals surface area contributed by atoms with Crippen LogP contribution in [0.2, 0.25) is 0 Å². The van der Waals surface area contributed by atoms with Gasteiger partial charge in [0.15, 0.2) is 0 Å². The molecule has 0 aliphatic rings. The summed E-state index contributed by atoms with van der Waals surface area (Å²) in [7, 11) is 0. The molecule has 0 bridgehead atoms. The minimum atomic E-state index is 0. The van der Waals surface area contributed by atoms with E-state index < -0.39 is 0 Å². The molecule has 39 valence electrons. The molecule has 1 nitrogen and oxygen atoms in total. The predicted octanol–water partition coefficient (Wildman–Crippen LogP) is -9.82. The van der Waals surface area contributed by atoms with Gasteiger partial charge in [0.25, 0.3) is 0 Å². The SMILES string of the molecule is O.[Cl-].[Cl-].[Cl-].[Rh+2]. The quantitative estimate of drug-likeness (QED) is 0.368. The summed E-state index contributed by atoms with van der Waals surface area (Å²) in [5, 5.41) is 0. The third-order valence-electron chi connectivity index (χ3n) is 0. The smallest absolute Gasteiger partial charge is 1.00 e. The maximum absolute atomic E-state index is 0. The Labute approximate surface area is 62.2 Å². The van der Waals surface area contributed by atoms with E-state index >= 15 is 0 Å².